The molecule has 1 aromatic rings. The molecule has 0 saturated carbocycles. The molecule has 1 amide bonds. The number of carbonyl (C=O) groups is 1. The molecule has 2 heterocycles. The van der Waals surface area contributed by atoms with E-state index in [1.54, 1.807) is 17.2 Å². The first-order valence-corrected chi connectivity index (χ1v) is 7.11. The van der Waals surface area contributed by atoms with Crippen LogP contribution in [0, 0.1) is 0 Å². The zero-order valence-electron chi connectivity index (χ0n) is 10.1. The van der Waals surface area contributed by atoms with E-state index in [-0.39, 0.29) is 5.91 Å². The van der Waals surface area contributed by atoms with Crippen LogP contribution >= 0.6 is 24.0 Å². The van der Waals surface area contributed by atoms with E-state index in [0.717, 1.165) is 18.5 Å². The first kappa shape index (κ1) is 13.2. The number of hydrogen-bond donors (Lipinski definition) is 0. The van der Waals surface area contributed by atoms with Crippen molar-refractivity contribution in [2.24, 2.45) is 0 Å². The summed E-state index contributed by atoms with van der Waals surface area (Å²) in [5, 5.41) is 0. The number of thioether (sulfide) groups is 1. The molecule has 0 unspecified atom stereocenters. The van der Waals surface area contributed by atoms with E-state index < -0.39 is 0 Å². The van der Waals surface area contributed by atoms with E-state index in [9.17, 15) is 4.79 Å². The number of hydrogen-bond acceptors (Lipinski definition) is 4. The number of rotatable bonds is 4. The molecule has 1 fully saturated rings. The van der Waals surface area contributed by atoms with Crippen molar-refractivity contribution in [1.82, 2.24) is 9.88 Å². The fourth-order valence-electron chi connectivity index (χ4n) is 1.60. The molecule has 3 nitrogen and oxygen atoms in total. The number of aromatic nitrogens is 1. The highest BCUT2D eigenvalue weighted by molar-refractivity contribution is 8.26. The molecular formula is C13H14N2OS2. The third kappa shape index (κ3) is 2.97. The third-order valence-corrected chi connectivity index (χ3v) is 3.95. The van der Waals surface area contributed by atoms with Crippen LogP contribution in [0.15, 0.2) is 29.3 Å². The van der Waals surface area contributed by atoms with Crippen molar-refractivity contribution < 1.29 is 4.79 Å². The Morgan fingerprint density at radius 3 is 3.00 bits per heavy atom. The summed E-state index contributed by atoms with van der Waals surface area (Å²) >= 11 is 6.59. The third-order valence-electron chi connectivity index (χ3n) is 2.58. The average Bonchev–Trinajstić information content (AvgIpc) is 2.64. The Balaban J connectivity index is 2.15. The van der Waals surface area contributed by atoms with Crippen LogP contribution in [0.3, 0.4) is 0 Å². The summed E-state index contributed by atoms with van der Waals surface area (Å²) in [5.74, 6) is 0.00380. The Morgan fingerprint density at radius 1 is 1.50 bits per heavy atom. The number of thiocarbonyl (C=S) groups is 1. The molecule has 0 aromatic carbocycles. The first-order valence-electron chi connectivity index (χ1n) is 5.88. The molecule has 94 valence electrons. The van der Waals surface area contributed by atoms with Gasteiger partial charge >= 0.3 is 0 Å². The summed E-state index contributed by atoms with van der Waals surface area (Å²) in [6.45, 7) is 2.81. The predicted octanol–water partition coefficient (Wildman–Crippen LogP) is 3.08. The van der Waals surface area contributed by atoms with E-state index in [1.807, 2.05) is 18.2 Å². The number of unbranched alkanes of at least 4 members (excludes halogenated alkanes) is 1. The molecule has 0 bridgehead atoms. The lowest BCUT2D eigenvalue weighted by Crippen LogP contribution is -2.28. The quantitative estimate of drug-likeness (QED) is 0.626. The van der Waals surface area contributed by atoms with Gasteiger partial charge in [-0.15, -0.1) is 0 Å². The maximum absolute atomic E-state index is 12.1. The molecule has 18 heavy (non-hydrogen) atoms. The van der Waals surface area contributed by atoms with Crippen LogP contribution in [-0.4, -0.2) is 26.7 Å². The van der Waals surface area contributed by atoms with E-state index in [0.29, 0.717) is 15.8 Å². The van der Waals surface area contributed by atoms with Crippen LogP contribution in [0.25, 0.3) is 6.08 Å². The van der Waals surface area contributed by atoms with E-state index in [2.05, 4.69) is 11.9 Å². The zero-order chi connectivity index (χ0) is 13.0. The number of carbonyl (C=O) groups excluding carboxylic acids is 1. The van der Waals surface area contributed by atoms with Gasteiger partial charge < -0.3 is 0 Å². The fraction of sp³-hybridized carbons (Fsp3) is 0.308. The summed E-state index contributed by atoms with van der Waals surface area (Å²) in [4.78, 5) is 18.7. The molecule has 0 spiro atoms. The fourth-order valence-corrected chi connectivity index (χ4v) is 2.90. The van der Waals surface area contributed by atoms with Crippen molar-refractivity contribution in [2.75, 3.05) is 6.54 Å². The maximum Gasteiger partial charge on any atom is 0.266 e. The molecule has 0 atom stereocenters. The van der Waals surface area contributed by atoms with E-state index in [1.165, 1.54) is 11.8 Å². The lowest BCUT2D eigenvalue weighted by Gasteiger charge is -2.12. The van der Waals surface area contributed by atoms with Gasteiger partial charge in [0, 0.05) is 12.7 Å². The highest BCUT2D eigenvalue weighted by Gasteiger charge is 2.31. The molecular weight excluding hydrogens is 264 g/mol. The standard InChI is InChI=1S/C13H14N2OS2/c1-2-3-8-15-12(16)11(18-13(15)17)9-10-6-4-5-7-14-10/h4-7,9H,2-3,8H2,1H3/b11-9+. The van der Waals surface area contributed by atoms with Crippen LogP contribution in [-0.2, 0) is 4.79 Å². The predicted molar refractivity (Wildman–Crippen MR) is 79.0 cm³/mol. The minimum Gasteiger partial charge on any atom is -0.293 e. The molecule has 1 aromatic heterocycles. The average molecular weight is 278 g/mol. The molecule has 1 saturated heterocycles. The number of amides is 1. The molecule has 0 radical (unpaired) electrons. The Hall–Kier alpha value is -1.20. The van der Waals surface area contributed by atoms with E-state index in [4.69, 9.17) is 12.2 Å². The van der Waals surface area contributed by atoms with Gasteiger partial charge in [0.15, 0.2) is 0 Å². The van der Waals surface area contributed by atoms with Crippen LogP contribution in [0.2, 0.25) is 0 Å². The Kier molecular flexibility index (Phi) is 4.49. The highest BCUT2D eigenvalue weighted by atomic mass is 32.2. The summed E-state index contributed by atoms with van der Waals surface area (Å²) in [6.07, 6.45) is 5.54. The summed E-state index contributed by atoms with van der Waals surface area (Å²) in [5.41, 5.74) is 0.786. The summed E-state index contributed by atoms with van der Waals surface area (Å²) in [6, 6.07) is 5.62. The second-order valence-corrected chi connectivity index (χ2v) is 5.62. The van der Waals surface area contributed by atoms with Crippen LogP contribution in [0.1, 0.15) is 25.5 Å². The maximum atomic E-state index is 12.1. The Labute approximate surface area is 116 Å². The van der Waals surface area contributed by atoms with Crippen molar-refractivity contribution in [3.8, 4) is 0 Å². The SMILES string of the molecule is CCCCN1C(=O)/C(=C\c2ccccn2)SC1=S. The lowest BCUT2D eigenvalue weighted by molar-refractivity contribution is -0.122. The highest BCUT2D eigenvalue weighted by Crippen LogP contribution is 2.32. The minimum atomic E-state index is 0.00380. The summed E-state index contributed by atoms with van der Waals surface area (Å²) < 4.78 is 0.649. The molecule has 2 rings (SSSR count). The van der Waals surface area contributed by atoms with E-state index >= 15 is 0 Å². The minimum absolute atomic E-state index is 0.00380. The smallest absolute Gasteiger partial charge is 0.266 e. The number of nitrogens with zero attached hydrogens (tertiary/aromatic N) is 2. The normalized spacial score (nSPS) is 17.8. The first-order chi connectivity index (χ1) is 8.72. The van der Waals surface area contributed by atoms with Gasteiger partial charge in [-0.2, -0.15) is 0 Å². The zero-order valence-corrected chi connectivity index (χ0v) is 11.8. The molecule has 1 aliphatic rings. The van der Waals surface area contributed by atoms with Crippen molar-refractivity contribution in [2.45, 2.75) is 19.8 Å². The summed E-state index contributed by atoms with van der Waals surface area (Å²) in [7, 11) is 0. The molecule has 1 aliphatic heterocycles. The topological polar surface area (TPSA) is 33.2 Å². The lowest BCUT2D eigenvalue weighted by atomic mass is 10.3. The molecule has 0 N–H and O–H groups in total. The van der Waals surface area contributed by atoms with Gasteiger partial charge in [-0.05, 0) is 24.6 Å². The number of pyridine rings is 1. The molecule has 5 heteroatoms. The Bertz CT molecular complexity index is 485. The van der Waals surface area contributed by atoms with Crippen molar-refractivity contribution in [3.63, 3.8) is 0 Å². The Morgan fingerprint density at radius 2 is 2.33 bits per heavy atom. The van der Waals surface area contributed by atoms with Crippen LogP contribution in [0.4, 0.5) is 0 Å². The monoisotopic (exact) mass is 278 g/mol. The van der Waals surface area contributed by atoms with Gasteiger partial charge in [0.25, 0.3) is 5.91 Å². The van der Waals surface area contributed by atoms with Gasteiger partial charge in [0.1, 0.15) is 4.32 Å². The second kappa shape index (κ2) is 6.11. The van der Waals surface area contributed by atoms with Crippen molar-refractivity contribution >= 4 is 40.3 Å². The van der Waals surface area contributed by atoms with Crippen LogP contribution in [0.5, 0.6) is 0 Å². The van der Waals surface area contributed by atoms with Gasteiger partial charge in [0.2, 0.25) is 0 Å². The molecule has 0 aliphatic carbocycles. The van der Waals surface area contributed by atoms with Crippen LogP contribution < -0.4 is 0 Å². The van der Waals surface area contributed by atoms with Gasteiger partial charge in [-0.3, -0.25) is 14.7 Å². The van der Waals surface area contributed by atoms with Crippen molar-refractivity contribution in [3.05, 3.63) is 35.0 Å². The van der Waals surface area contributed by atoms with Gasteiger partial charge in [-0.1, -0.05) is 43.4 Å². The second-order valence-electron chi connectivity index (χ2n) is 3.94. The van der Waals surface area contributed by atoms with Crippen molar-refractivity contribution in [1.29, 1.82) is 0 Å². The largest absolute Gasteiger partial charge is 0.293 e. The van der Waals surface area contributed by atoms with Gasteiger partial charge in [-0.25, -0.2) is 0 Å². The van der Waals surface area contributed by atoms with Gasteiger partial charge in [0.05, 0.1) is 10.6 Å².